The van der Waals surface area contributed by atoms with Crippen LogP contribution >= 0.6 is 0 Å². The Morgan fingerprint density at radius 1 is 1.00 bits per heavy atom. The van der Waals surface area contributed by atoms with Crippen LogP contribution in [0.4, 0.5) is 0 Å². The number of benzene rings is 2. The number of likely N-dealkylation sites (tertiary alicyclic amines) is 2. The number of para-hydroxylation sites is 1. The molecule has 0 aromatic heterocycles. The van der Waals surface area contributed by atoms with Gasteiger partial charge in [-0.1, -0.05) is 48.5 Å². The number of hydrogen-bond acceptors (Lipinski definition) is 3. The molecule has 0 bridgehead atoms. The number of rotatable bonds is 6. The summed E-state index contributed by atoms with van der Waals surface area (Å²) in [7, 11) is 0. The molecule has 142 valence electrons. The van der Waals surface area contributed by atoms with Crippen LogP contribution in [0.15, 0.2) is 54.6 Å². The fraction of sp³-hybridized carbons (Fsp3) is 0.435. The minimum Gasteiger partial charge on any atom is -0.491 e. The fourth-order valence-electron chi connectivity index (χ4n) is 4.41. The number of nitrogens with zero attached hydrogens (tertiary/aromatic N) is 2. The third-order valence-corrected chi connectivity index (χ3v) is 5.63. The van der Waals surface area contributed by atoms with Gasteiger partial charge < -0.3 is 9.64 Å². The number of ether oxygens (including phenoxy) is 1. The van der Waals surface area contributed by atoms with Gasteiger partial charge in [0.2, 0.25) is 5.91 Å². The Labute approximate surface area is 161 Å². The third-order valence-electron chi connectivity index (χ3n) is 5.63. The van der Waals surface area contributed by atoms with E-state index < -0.39 is 0 Å². The smallest absolute Gasteiger partial charge is 0.224 e. The summed E-state index contributed by atoms with van der Waals surface area (Å²) in [6, 6.07) is 19.2. The molecule has 0 radical (unpaired) electrons. The Kier molecular flexibility index (Phi) is 5.17. The number of fused-ring (bicyclic) bond motifs is 1. The molecule has 0 unspecified atom stereocenters. The highest BCUT2D eigenvalue weighted by Crippen LogP contribution is 2.35. The van der Waals surface area contributed by atoms with Crippen molar-refractivity contribution in [2.24, 2.45) is 0 Å². The van der Waals surface area contributed by atoms with Gasteiger partial charge in [-0.15, -0.1) is 0 Å². The quantitative estimate of drug-likeness (QED) is 0.780. The average molecular weight is 364 g/mol. The van der Waals surface area contributed by atoms with Gasteiger partial charge in [-0.25, -0.2) is 0 Å². The van der Waals surface area contributed by atoms with E-state index in [0.717, 1.165) is 31.8 Å². The van der Waals surface area contributed by atoms with Crippen LogP contribution in [-0.4, -0.2) is 40.4 Å². The van der Waals surface area contributed by atoms with Crippen LogP contribution in [0.25, 0.3) is 0 Å². The molecule has 2 heterocycles. The molecule has 0 aliphatic carbocycles. The Morgan fingerprint density at radius 3 is 2.52 bits per heavy atom. The number of hydrogen-bond donors (Lipinski definition) is 0. The van der Waals surface area contributed by atoms with Gasteiger partial charge in [0, 0.05) is 43.7 Å². The van der Waals surface area contributed by atoms with Gasteiger partial charge >= 0.3 is 0 Å². The molecule has 2 aromatic carbocycles. The Morgan fingerprint density at radius 2 is 1.74 bits per heavy atom. The minimum absolute atomic E-state index is 0.159. The standard InChI is InChI=1S/C23H28N2O2/c1-17(2)27-22-11-7-6-10-19(22)16-24-13-12-20-21(24)14-23(26)25(20)15-18-8-4-3-5-9-18/h3-11,17,20-21H,12-16H2,1-2H3/t20-,21-/m0/s1. The van der Waals surface area contributed by atoms with Crippen molar-refractivity contribution < 1.29 is 9.53 Å². The molecule has 2 fully saturated rings. The molecule has 2 saturated heterocycles. The topological polar surface area (TPSA) is 32.8 Å². The fourth-order valence-corrected chi connectivity index (χ4v) is 4.41. The summed E-state index contributed by atoms with van der Waals surface area (Å²) >= 11 is 0. The molecule has 27 heavy (non-hydrogen) atoms. The Hall–Kier alpha value is -2.33. The highest BCUT2D eigenvalue weighted by molar-refractivity contribution is 5.80. The molecular formula is C23H28N2O2. The molecule has 0 spiro atoms. The van der Waals surface area contributed by atoms with E-state index in [1.54, 1.807) is 0 Å². The highest BCUT2D eigenvalue weighted by Gasteiger charge is 2.46. The summed E-state index contributed by atoms with van der Waals surface area (Å²) in [5, 5.41) is 0. The summed E-state index contributed by atoms with van der Waals surface area (Å²) in [6.45, 7) is 6.71. The summed E-state index contributed by atoms with van der Waals surface area (Å²) in [6.07, 6.45) is 1.84. The molecule has 0 N–H and O–H groups in total. The molecule has 4 heteroatoms. The third kappa shape index (κ3) is 3.86. The first-order chi connectivity index (χ1) is 13.1. The van der Waals surface area contributed by atoms with Gasteiger partial charge in [0.15, 0.2) is 0 Å². The maximum atomic E-state index is 12.7. The second kappa shape index (κ2) is 7.73. The van der Waals surface area contributed by atoms with E-state index in [1.165, 1.54) is 11.1 Å². The molecule has 0 saturated carbocycles. The number of amides is 1. The largest absolute Gasteiger partial charge is 0.491 e. The first-order valence-electron chi connectivity index (χ1n) is 9.94. The molecule has 2 aromatic rings. The second-order valence-corrected chi connectivity index (χ2v) is 7.88. The summed E-state index contributed by atoms with van der Waals surface area (Å²) in [5.74, 6) is 1.24. The van der Waals surface area contributed by atoms with E-state index in [-0.39, 0.29) is 12.0 Å². The lowest BCUT2D eigenvalue weighted by atomic mass is 10.1. The van der Waals surface area contributed by atoms with Crippen LogP contribution in [-0.2, 0) is 17.9 Å². The van der Waals surface area contributed by atoms with Crippen LogP contribution in [0, 0.1) is 0 Å². The van der Waals surface area contributed by atoms with Crippen molar-refractivity contribution in [1.29, 1.82) is 0 Å². The first kappa shape index (κ1) is 18.1. The minimum atomic E-state index is 0.159. The predicted molar refractivity (Wildman–Crippen MR) is 106 cm³/mol. The zero-order chi connectivity index (χ0) is 18.8. The van der Waals surface area contributed by atoms with Crippen molar-refractivity contribution in [3.8, 4) is 5.75 Å². The van der Waals surface area contributed by atoms with Crippen molar-refractivity contribution in [2.75, 3.05) is 6.54 Å². The van der Waals surface area contributed by atoms with Crippen LogP contribution in [0.5, 0.6) is 5.75 Å². The van der Waals surface area contributed by atoms with E-state index in [4.69, 9.17) is 4.74 Å². The molecule has 1 amide bonds. The van der Waals surface area contributed by atoms with Gasteiger partial charge in [-0.3, -0.25) is 9.69 Å². The lowest BCUT2D eigenvalue weighted by Gasteiger charge is -2.26. The predicted octanol–water partition coefficient (Wildman–Crippen LogP) is 3.85. The normalized spacial score (nSPS) is 22.5. The van der Waals surface area contributed by atoms with E-state index in [9.17, 15) is 4.79 Å². The van der Waals surface area contributed by atoms with Crippen molar-refractivity contribution in [2.45, 2.75) is 58.0 Å². The van der Waals surface area contributed by atoms with E-state index in [1.807, 2.05) is 30.3 Å². The van der Waals surface area contributed by atoms with Gasteiger partial charge in [0.05, 0.1) is 6.10 Å². The summed E-state index contributed by atoms with van der Waals surface area (Å²) < 4.78 is 5.98. The molecule has 4 nitrogen and oxygen atoms in total. The van der Waals surface area contributed by atoms with Crippen molar-refractivity contribution >= 4 is 5.91 Å². The Balaban J connectivity index is 1.47. The van der Waals surface area contributed by atoms with Crippen molar-refractivity contribution in [3.63, 3.8) is 0 Å². The Bertz CT molecular complexity index is 790. The monoisotopic (exact) mass is 364 g/mol. The lowest BCUT2D eigenvalue weighted by Crippen LogP contribution is -2.36. The van der Waals surface area contributed by atoms with Crippen LogP contribution in [0.3, 0.4) is 0 Å². The summed E-state index contributed by atoms with van der Waals surface area (Å²) in [5.41, 5.74) is 2.42. The molecule has 2 atom stereocenters. The van der Waals surface area contributed by atoms with Crippen LogP contribution < -0.4 is 4.74 Å². The van der Waals surface area contributed by atoms with Crippen molar-refractivity contribution in [1.82, 2.24) is 9.80 Å². The molecule has 2 aliphatic rings. The number of carbonyl (C=O) groups is 1. The van der Waals surface area contributed by atoms with Gasteiger partial charge in [-0.2, -0.15) is 0 Å². The summed E-state index contributed by atoms with van der Waals surface area (Å²) in [4.78, 5) is 17.2. The van der Waals surface area contributed by atoms with Crippen LogP contribution in [0.1, 0.15) is 37.8 Å². The maximum Gasteiger partial charge on any atom is 0.224 e. The maximum absolute atomic E-state index is 12.7. The average Bonchev–Trinajstić information content (AvgIpc) is 3.17. The first-order valence-corrected chi connectivity index (χ1v) is 9.94. The lowest BCUT2D eigenvalue weighted by molar-refractivity contribution is -0.129. The molecular weight excluding hydrogens is 336 g/mol. The number of carbonyl (C=O) groups excluding carboxylic acids is 1. The van der Waals surface area contributed by atoms with Crippen LogP contribution in [0.2, 0.25) is 0 Å². The zero-order valence-electron chi connectivity index (χ0n) is 16.2. The van der Waals surface area contributed by atoms with Gasteiger partial charge in [0.1, 0.15) is 5.75 Å². The van der Waals surface area contributed by atoms with E-state index >= 15 is 0 Å². The van der Waals surface area contributed by atoms with Crippen molar-refractivity contribution in [3.05, 3.63) is 65.7 Å². The zero-order valence-corrected chi connectivity index (χ0v) is 16.2. The SMILES string of the molecule is CC(C)Oc1ccccc1CN1CC[C@H]2[C@@H]1CC(=O)N2Cc1ccccc1. The molecule has 4 rings (SSSR count). The van der Waals surface area contributed by atoms with Gasteiger partial charge in [0.25, 0.3) is 0 Å². The molecule has 2 aliphatic heterocycles. The highest BCUT2D eigenvalue weighted by atomic mass is 16.5. The second-order valence-electron chi connectivity index (χ2n) is 7.88. The van der Waals surface area contributed by atoms with E-state index in [2.05, 4.69) is 47.9 Å². The van der Waals surface area contributed by atoms with Gasteiger partial charge in [-0.05, 0) is 31.9 Å². The van der Waals surface area contributed by atoms with E-state index in [0.29, 0.717) is 18.5 Å².